The van der Waals surface area contributed by atoms with Crippen LogP contribution in [0.5, 0.6) is 0 Å². The molecule has 2 aliphatic carbocycles. The number of carbonyl (C=O) groups excluding carboxylic acids is 2. The Hall–Kier alpha value is -1.06. The van der Waals surface area contributed by atoms with E-state index in [0.717, 1.165) is 38.5 Å². The van der Waals surface area contributed by atoms with E-state index in [1.807, 2.05) is 4.90 Å². The van der Waals surface area contributed by atoms with E-state index in [1.165, 1.54) is 30.6 Å². The second kappa shape index (κ2) is 4.80. The Labute approximate surface area is 115 Å². The van der Waals surface area contributed by atoms with Crippen LogP contribution in [0.15, 0.2) is 0 Å². The van der Waals surface area contributed by atoms with Gasteiger partial charge < -0.3 is 4.90 Å². The lowest BCUT2D eigenvalue weighted by Gasteiger charge is -2.43. The van der Waals surface area contributed by atoms with Gasteiger partial charge in [0.2, 0.25) is 0 Å². The third-order valence-electron chi connectivity index (χ3n) is 5.28. The molecule has 4 heteroatoms. The summed E-state index contributed by atoms with van der Waals surface area (Å²) in [7, 11) is 1.66. The summed E-state index contributed by atoms with van der Waals surface area (Å²) in [6.45, 7) is 0. The molecule has 0 atom stereocenters. The SMILES string of the molecule is CN1C(=O)N(C2CCCCC2)C2(CCCCC2)C1=O. The van der Waals surface area contributed by atoms with E-state index in [1.54, 1.807) is 7.05 Å². The molecule has 19 heavy (non-hydrogen) atoms. The van der Waals surface area contributed by atoms with Gasteiger partial charge in [-0.3, -0.25) is 9.69 Å². The number of carbonyl (C=O) groups is 2. The third-order valence-corrected chi connectivity index (χ3v) is 5.28. The van der Waals surface area contributed by atoms with Crippen LogP contribution in [0.25, 0.3) is 0 Å². The zero-order chi connectivity index (χ0) is 13.5. The molecule has 0 radical (unpaired) electrons. The van der Waals surface area contributed by atoms with Crippen LogP contribution in [0.2, 0.25) is 0 Å². The summed E-state index contributed by atoms with van der Waals surface area (Å²) >= 11 is 0. The fourth-order valence-electron chi connectivity index (χ4n) is 4.28. The van der Waals surface area contributed by atoms with Gasteiger partial charge in [-0.05, 0) is 25.7 Å². The minimum absolute atomic E-state index is 0.0428. The molecule has 0 unspecified atom stereocenters. The van der Waals surface area contributed by atoms with Crippen molar-refractivity contribution in [2.24, 2.45) is 0 Å². The number of likely N-dealkylation sites (N-methyl/N-ethyl adjacent to an activating group) is 1. The number of rotatable bonds is 1. The quantitative estimate of drug-likeness (QED) is 0.683. The predicted octanol–water partition coefficient (Wildman–Crippen LogP) is 2.92. The van der Waals surface area contributed by atoms with E-state index in [2.05, 4.69) is 0 Å². The maximum Gasteiger partial charge on any atom is 0.327 e. The van der Waals surface area contributed by atoms with Crippen molar-refractivity contribution in [3.8, 4) is 0 Å². The van der Waals surface area contributed by atoms with E-state index >= 15 is 0 Å². The topological polar surface area (TPSA) is 40.6 Å². The van der Waals surface area contributed by atoms with Gasteiger partial charge in [-0.15, -0.1) is 0 Å². The summed E-state index contributed by atoms with van der Waals surface area (Å²) in [5.41, 5.74) is -0.480. The van der Waals surface area contributed by atoms with E-state index < -0.39 is 5.54 Å². The summed E-state index contributed by atoms with van der Waals surface area (Å²) in [4.78, 5) is 28.5. The van der Waals surface area contributed by atoms with Gasteiger partial charge >= 0.3 is 6.03 Å². The first-order valence-electron chi connectivity index (χ1n) is 7.78. The Kier molecular flexibility index (Phi) is 3.27. The highest BCUT2D eigenvalue weighted by molar-refractivity contribution is 6.07. The van der Waals surface area contributed by atoms with Gasteiger partial charge in [0.1, 0.15) is 5.54 Å². The van der Waals surface area contributed by atoms with Crippen LogP contribution >= 0.6 is 0 Å². The maximum absolute atomic E-state index is 12.6. The van der Waals surface area contributed by atoms with E-state index in [0.29, 0.717) is 6.04 Å². The van der Waals surface area contributed by atoms with E-state index in [9.17, 15) is 9.59 Å². The van der Waals surface area contributed by atoms with Crippen LogP contribution in [0, 0.1) is 0 Å². The molecule has 1 heterocycles. The first kappa shape index (κ1) is 12.9. The average Bonchev–Trinajstić information content (AvgIpc) is 2.63. The highest BCUT2D eigenvalue weighted by atomic mass is 16.2. The number of amides is 3. The molecule has 3 rings (SSSR count). The van der Waals surface area contributed by atoms with Crippen LogP contribution in [0.1, 0.15) is 64.2 Å². The molecule has 0 aromatic heterocycles. The van der Waals surface area contributed by atoms with Gasteiger partial charge in [-0.25, -0.2) is 4.79 Å². The van der Waals surface area contributed by atoms with Crippen molar-refractivity contribution >= 4 is 11.9 Å². The summed E-state index contributed by atoms with van der Waals surface area (Å²) < 4.78 is 0. The summed E-state index contributed by atoms with van der Waals surface area (Å²) in [5.74, 6) is 0.0581. The van der Waals surface area contributed by atoms with Crippen molar-refractivity contribution in [3.63, 3.8) is 0 Å². The lowest BCUT2D eigenvalue weighted by Crippen LogP contribution is -2.55. The van der Waals surface area contributed by atoms with Crippen molar-refractivity contribution < 1.29 is 9.59 Å². The van der Waals surface area contributed by atoms with E-state index in [-0.39, 0.29) is 11.9 Å². The Morgan fingerprint density at radius 1 is 0.947 bits per heavy atom. The normalized spacial score (nSPS) is 28.5. The predicted molar refractivity (Wildman–Crippen MR) is 72.7 cm³/mol. The van der Waals surface area contributed by atoms with Crippen LogP contribution < -0.4 is 0 Å². The lowest BCUT2D eigenvalue weighted by molar-refractivity contribution is -0.135. The van der Waals surface area contributed by atoms with Gasteiger partial charge in [0.15, 0.2) is 0 Å². The zero-order valence-electron chi connectivity index (χ0n) is 11.9. The van der Waals surface area contributed by atoms with Gasteiger partial charge in [0, 0.05) is 13.1 Å². The number of nitrogens with zero attached hydrogens (tertiary/aromatic N) is 2. The molecule has 1 spiro atoms. The van der Waals surface area contributed by atoms with Crippen molar-refractivity contribution in [3.05, 3.63) is 0 Å². The highest BCUT2D eigenvalue weighted by Gasteiger charge is 2.57. The Morgan fingerprint density at radius 2 is 1.53 bits per heavy atom. The van der Waals surface area contributed by atoms with Crippen molar-refractivity contribution in [1.82, 2.24) is 9.80 Å². The van der Waals surface area contributed by atoms with Crippen LogP contribution in [0.4, 0.5) is 4.79 Å². The molecule has 4 nitrogen and oxygen atoms in total. The fraction of sp³-hybridized carbons (Fsp3) is 0.867. The minimum atomic E-state index is -0.480. The van der Waals surface area contributed by atoms with E-state index in [4.69, 9.17) is 0 Å². The number of hydrogen-bond donors (Lipinski definition) is 0. The first-order valence-corrected chi connectivity index (χ1v) is 7.78. The number of urea groups is 1. The third kappa shape index (κ3) is 1.87. The summed E-state index contributed by atoms with van der Waals surface area (Å²) in [6, 6.07) is 0.257. The molecule has 3 amide bonds. The molecule has 0 aromatic carbocycles. The largest absolute Gasteiger partial charge is 0.327 e. The van der Waals surface area contributed by atoms with Gasteiger partial charge in [-0.2, -0.15) is 0 Å². The molecule has 2 saturated carbocycles. The minimum Gasteiger partial charge on any atom is -0.307 e. The average molecular weight is 264 g/mol. The second-order valence-electron chi connectivity index (χ2n) is 6.40. The molecule has 3 fully saturated rings. The molecule has 0 bridgehead atoms. The molecule has 106 valence electrons. The first-order chi connectivity index (χ1) is 9.17. The van der Waals surface area contributed by atoms with Crippen molar-refractivity contribution in [1.29, 1.82) is 0 Å². The summed E-state index contributed by atoms with van der Waals surface area (Å²) in [6.07, 6.45) is 10.9. The lowest BCUT2D eigenvalue weighted by atomic mass is 9.78. The Balaban J connectivity index is 1.93. The molecule has 1 aliphatic heterocycles. The van der Waals surface area contributed by atoms with Gasteiger partial charge in [0.25, 0.3) is 5.91 Å². The molecule has 3 aliphatic rings. The molecule has 1 saturated heterocycles. The second-order valence-corrected chi connectivity index (χ2v) is 6.40. The Bertz CT molecular complexity index is 382. The standard InChI is InChI=1S/C15H24N2O2/c1-16-13(18)15(10-6-3-7-11-15)17(14(16)19)12-8-4-2-5-9-12/h12H,2-11H2,1H3. The molecule has 0 N–H and O–H groups in total. The summed E-state index contributed by atoms with van der Waals surface area (Å²) in [5, 5.41) is 0. The maximum atomic E-state index is 12.6. The van der Waals surface area contributed by atoms with Crippen molar-refractivity contribution in [2.45, 2.75) is 75.8 Å². The van der Waals surface area contributed by atoms with Crippen LogP contribution in [0.3, 0.4) is 0 Å². The molecular weight excluding hydrogens is 240 g/mol. The highest BCUT2D eigenvalue weighted by Crippen LogP contribution is 2.43. The van der Waals surface area contributed by atoms with Crippen molar-refractivity contribution in [2.75, 3.05) is 7.05 Å². The smallest absolute Gasteiger partial charge is 0.307 e. The fourth-order valence-corrected chi connectivity index (χ4v) is 4.28. The number of hydrogen-bond acceptors (Lipinski definition) is 2. The molecular formula is C15H24N2O2. The Morgan fingerprint density at radius 3 is 2.16 bits per heavy atom. The van der Waals surface area contributed by atoms with Gasteiger partial charge in [0.05, 0.1) is 0 Å². The monoisotopic (exact) mass is 264 g/mol. The van der Waals surface area contributed by atoms with Gasteiger partial charge in [-0.1, -0.05) is 38.5 Å². The zero-order valence-corrected chi connectivity index (χ0v) is 11.9. The van der Waals surface area contributed by atoms with Crippen LogP contribution in [-0.4, -0.2) is 40.4 Å². The van der Waals surface area contributed by atoms with Crippen LogP contribution in [-0.2, 0) is 4.79 Å². The molecule has 0 aromatic rings. The number of imide groups is 1.